The molecule has 1 N–H and O–H groups in total. The minimum absolute atomic E-state index is 0.0750. The number of urea groups is 1. The topological polar surface area (TPSA) is 49.4 Å². The van der Waals surface area contributed by atoms with Crippen LogP contribution in [0.5, 0.6) is 0 Å². The van der Waals surface area contributed by atoms with Gasteiger partial charge in [0.1, 0.15) is 11.5 Å². The maximum Gasteiger partial charge on any atom is 0.329 e. The lowest BCUT2D eigenvalue weighted by atomic mass is 10.1. The van der Waals surface area contributed by atoms with Gasteiger partial charge < -0.3 is 5.32 Å². The van der Waals surface area contributed by atoms with Crippen LogP contribution < -0.4 is 5.32 Å². The van der Waals surface area contributed by atoms with E-state index in [0.29, 0.717) is 0 Å². The minimum Gasteiger partial charge on any atom is -0.303 e. The Labute approximate surface area is 126 Å². The molecule has 2 aromatic rings. The molecular formula is C17H13FN2O2. The fraction of sp³-hybridized carbons (Fsp3) is 0.0588. The molecule has 1 aliphatic rings. The molecule has 5 heteroatoms. The van der Waals surface area contributed by atoms with E-state index < -0.39 is 17.8 Å². The van der Waals surface area contributed by atoms with Crippen LogP contribution in [-0.4, -0.2) is 16.8 Å². The zero-order valence-electron chi connectivity index (χ0n) is 11.6. The third-order valence-electron chi connectivity index (χ3n) is 3.35. The Morgan fingerprint density at radius 2 is 1.68 bits per heavy atom. The third kappa shape index (κ3) is 2.74. The van der Waals surface area contributed by atoms with Crippen LogP contribution >= 0.6 is 0 Å². The van der Waals surface area contributed by atoms with Crippen LogP contribution in [0.2, 0.25) is 0 Å². The lowest BCUT2D eigenvalue weighted by molar-refractivity contribution is -0.123. The summed E-state index contributed by atoms with van der Waals surface area (Å²) in [4.78, 5) is 25.3. The number of hydrogen-bond donors (Lipinski definition) is 1. The zero-order chi connectivity index (χ0) is 15.5. The molecule has 1 aliphatic heterocycles. The summed E-state index contributed by atoms with van der Waals surface area (Å²) in [6.45, 7) is 0.181. The van der Waals surface area contributed by atoms with Gasteiger partial charge in [0.15, 0.2) is 0 Å². The zero-order valence-corrected chi connectivity index (χ0v) is 11.6. The monoisotopic (exact) mass is 296 g/mol. The number of benzene rings is 2. The molecule has 0 aromatic heterocycles. The second-order valence-corrected chi connectivity index (χ2v) is 4.89. The van der Waals surface area contributed by atoms with Gasteiger partial charge in [-0.2, -0.15) is 0 Å². The summed E-state index contributed by atoms with van der Waals surface area (Å²) in [5, 5.41) is 2.48. The van der Waals surface area contributed by atoms with E-state index in [4.69, 9.17) is 0 Å². The van der Waals surface area contributed by atoms with E-state index in [1.165, 1.54) is 12.1 Å². The Balaban J connectivity index is 1.84. The van der Waals surface area contributed by atoms with Crippen molar-refractivity contribution < 1.29 is 14.0 Å². The molecule has 1 saturated heterocycles. The number of amides is 3. The number of carbonyl (C=O) groups is 2. The Hall–Kier alpha value is -2.95. The van der Waals surface area contributed by atoms with Crippen molar-refractivity contribution in [1.82, 2.24) is 10.2 Å². The molecule has 3 rings (SSSR count). The van der Waals surface area contributed by atoms with Gasteiger partial charge in [0.2, 0.25) is 0 Å². The molecule has 0 saturated carbocycles. The average Bonchev–Trinajstić information content (AvgIpc) is 2.78. The van der Waals surface area contributed by atoms with E-state index in [1.807, 2.05) is 30.3 Å². The summed E-state index contributed by atoms with van der Waals surface area (Å²) in [6, 6.07) is 14.8. The average molecular weight is 296 g/mol. The van der Waals surface area contributed by atoms with Gasteiger partial charge in [0.25, 0.3) is 5.91 Å². The molecule has 1 heterocycles. The standard InChI is InChI=1S/C17H13FN2O2/c18-14-9-5-4-8-13(14)10-15-16(21)20(17(22)19-15)11-12-6-2-1-3-7-12/h1-10H,11H2,(H,19,22)/b15-10+. The highest BCUT2D eigenvalue weighted by Gasteiger charge is 2.33. The van der Waals surface area contributed by atoms with Gasteiger partial charge in [-0.1, -0.05) is 48.5 Å². The summed E-state index contributed by atoms with van der Waals surface area (Å²) in [6.07, 6.45) is 1.35. The van der Waals surface area contributed by atoms with E-state index in [0.717, 1.165) is 10.5 Å². The van der Waals surface area contributed by atoms with Crippen LogP contribution in [0, 0.1) is 5.82 Å². The quantitative estimate of drug-likeness (QED) is 0.699. The van der Waals surface area contributed by atoms with Crippen LogP contribution in [0.3, 0.4) is 0 Å². The molecule has 0 unspecified atom stereocenters. The maximum absolute atomic E-state index is 13.6. The van der Waals surface area contributed by atoms with Gasteiger partial charge in [-0.05, 0) is 17.7 Å². The molecule has 0 atom stereocenters. The number of imide groups is 1. The smallest absolute Gasteiger partial charge is 0.303 e. The Morgan fingerprint density at radius 3 is 2.41 bits per heavy atom. The molecule has 22 heavy (non-hydrogen) atoms. The molecule has 4 nitrogen and oxygen atoms in total. The van der Waals surface area contributed by atoms with Crippen molar-refractivity contribution in [2.24, 2.45) is 0 Å². The van der Waals surface area contributed by atoms with Gasteiger partial charge in [0.05, 0.1) is 6.54 Å². The van der Waals surface area contributed by atoms with Crippen molar-refractivity contribution in [3.05, 3.63) is 77.2 Å². The summed E-state index contributed by atoms with van der Waals surface area (Å²) in [5.41, 5.74) is 1.18. The van der Waals surface area contributed by atoms with E-state index in [1.54, 1.807) is 18.2 Å². The lowest BCUT2D eigenvalue weighted by Crippen LogP contribution is -2.30. The van der Waals surface area contributed by atoms with Gasteiger partial charge in [0, 0.05) is 5.56 Å². The van der Waals surface area contributed by atoms with Crippen molar-refractivity contribution in [2.75, 3.05) is 0 Å². The molecule has 110 valence electrons. The fourth-order valence-corrected chi connectivity index (χ4v) is 2.23. The molecule has 0 bridgehead atoms. The fourth-order valence-electron chi connectivity index (χ4n) is 2.23. The first-order valence-electron chi connectivity index (χ1n) is 6.78. The van der Waals surface area contributed by atoms with Crippen LogP contribution in [-0.2, 0) is 11.3 Å². The first kappa shape index (κ1) is 14.0. The van der Waals surface area contributed by atoms with Gasteiger partial charge in [-0.3, -0.25) is 9.69 Å². The highest BCUT2D eigenvalue weighted by Crippen LogP contribution is 2.18. The second kappa shape index (κ2) is 5.81. The summed E-state index contributed by atoms with van der Waals surface area (Å²) >= 11 is 0. The summed E-state index contributed by atoms with van der Waals surface area (Å²) in [5.74, 6) is -0.907. The highest BCUT2D eigenvalue weighted by molar-refractivity contribution is 6.13. The molecule has 1 fully saturated rings. The van der Waals surface area contributed by atoms with E-state index >= 15 is 0 Å². The number of nitrogens with one attached hydrogen (secondary N) is 1. The Morgan fingerprint density at radius 1 is 1.00 bits per heavy atom. The SMILES string of the molecule is O=C1N/C(=C/c2ccccc2F)C(=O)N1Cc1ccccc1. The first-order chi connectivity index (χ1) is 10.6. The van der Waals surface area contributed by atoms with E-state index in [9.17, 15) is 14.0 Å². The predicted molar refractivity (Wildman–Crippen MR) is 79.9 cm³/mol. The number of carbonyl (C=O) groups excluding carboxylic acids is 2. The lowest BCUT2D eigenvalue weighted by Gasteiger charge is -2.11. The number of halogens is 1. The number of rotatable bonds is 3. The summed E-state index contributed by atoms with van der Waals surface area (Å²) in [7, 11) is 0. The van der Waals surface area contributed by atoms with Crippen molar-refractivity contribution >= 4 is 18.0 Å². The van der Waals surface area contributed by atoms with Gasteiger partial charge >= 0.3 is 6.03 Å². The maximum atomic E-state index is 13.6. The molecule has 0 aliphatic carbocycles. The van der Waals surface area contributed by atoms with E-state index in [-0.39, 0.29) is 17.8 Å². The summed E-state index contributed by atoms with van der Waals surface area (Å²) < 4.78 is 13.6. The van der Waals surface area contributed by atoms with Crippen molar-refractivity contribution in [3.63, 3.8) is 0 Å². The van der Waals surface area contributed by atoms with Crippen molar-refractivity contribution in [2.45, 2.75) is 6.54 Å². The third-order valence-corrected chi connectivity index (χ3v) is 3.35. The normalized spacial score (nSPS) is 16.2. The largest absolute Gasteiger partial charge is 0.329 e. The first-order valence-corrected chi connectivity index (χ1v) is 6.78. The predicted octanol–water partition coefficient (Wildman–Crippen LogP) is 2.92. The molecule has 0 spiro atoms. The number of nitrogens with zero attached hydrogens (tertiary/aromatic N) is 1. The number of hydrogen-bond acceptors (Lipinski definition) is 2. The minimum atomic E-state index is -0.503. The molecular weight excluding hydrogens is 283 g/mol. The van der Waals surface area contributed by atoms with Crippen LogP contribution in [0.25, 0.3) is 6.08 Å². The van der Waals surface area contributed by atoms with Crippen LogP contribution in [0.15, 0.2) is 60.3 Å². The Kier molecular flexibility index (Phi) is 3.70. The van der Waals surface area contributed by atoms with Gasteiger partial charge in [-0.25, -0.2) is 9.18 Å². The van der Waals surface area contributed by atoms with Crippen molar-refractivity contribution in [1.29, 1.82) is 0 Å². The van der Waals surface area contributed by atoms with Gasteiger partial charge in [-0.15, -0.1) is 0 Å². The molecule has 2 aromatic carbocycles. The molecule has 0 radical (unpaired) electrons. The van der Waals surface area contributed by atoms with Crippen molar-refractivity contribution in [3.8, 4) is 0 Å². The Bertz CT molecular complexity index is 756. The second-order valence-electron chi connectivity index (χ2n) is 4.89. The highest BCUT2D eigenvalue weighted by atomic mass is 19.1. The van der Waals surface area contributed by atoms with E-state index in [2.05, 4.69) is 5.32 Å². The van der Waals surface area contributed by atoms with Crippen LogP contribution in [0.4, 0.5) is 9.18 Å². The van der Waals surface area contributed by atoms with Crippen LogP contribution in [0.1, 0.15) is 11.1 Å². The molecule has 3 amide bonds.